The minimum atomic E-state index is -0.509. The van der Waals surface area contributed by atoms with Crippen LogP contribution in [0.2, 0.25) is 0 Å². The SMILES string of the molecule is CC(NC(=O)Nc1ccc(Br)cc1)Oc1ccc(O)cc1. The van der Waals surface area contributed by atoms with Crippen LogP contribution >= 0.6 is 15.9 Å². The molecule has 0 saturated carbocycles. The van der Waals surface area contributed by atoms with Gasteiger partial charge in [0.15, 0.2) is 6.23 Å². The molecule has 2 amide bonds. The van der Waals surface area contributed by atoms with Gasteiger partial charge in [-0.1, -0.05) is 15.9 Å². The number of nitrogens with one attached hydrogen (secondary N) is 2. The zero-order valence-electron chi connectivity index (χ0n) is 11.3. The van der Waals surface area contributed by atoms with Gasteiger partial charge >= 0.3 is 6.03 Å². The molecule has 0 radical (unpaired) electrons. The van der Waals surface area contributed by atoms with Crippen LogP contribution in [0.25, 0.3) is 0 Å². The molecule has 21 heavy (non-hydrogen) atoms. The smallest absolute Gasteiger partial charge is 0.322 e. The standard InChI is InChI=1S/C15H15BrN2O3/c1-10(21-14-8-6-13(19)7-9-14)17-15(20)18-12-4-2-11(16)3-5-12/h2-10,19H,1H3,(H2,17,18,20). The zero-order chi connectivity index (χ0) is 15.2. The van der Waals surface area contributed by atoms with Crippen molar-refractivity contribution >= 4 is 27.6 Å². The summed E-state index contributed by atoms with van der Waals surface area (Å²) < 4.78 is 6.45. The molecular formula is C15H15BrN2O3. The number of amides is 2. The lowest BCUT2D eigenvalue weighted by Gasteiger charge is -2.16. The molecule has 1 atom stereocenters. The van der Waals surface area contributed by atoms with Gasteiger partial charge in [0.2, 0.25) is 0 Å². The first kappa shape index (κ1) is 15.2. The van der Waals surface area contributed by atoms with Crippen LogP contribution in [0.3, 0.4) is 0 Å². The van der Waals surface area contributed by atoms with Gasteiger partial charge in [-0.2, -0.15) is 0 Å². The summed E-state index contributed by atoms with van der Waals surface area (Å²) in [7, 11) is 0. The Morgan fingerprint density at radius 1 is 1.14 bits per heavy atom. The molecule has 0 spiro atoms. The van der Waals surface area contributed by atoms with E-state index in [9.17, 15) is 9.90 Å². The fourth-order valence-electron chi connectivity index (χ4n) is 1.64. The highest BCUT2D eigenvalue weighted by molar-refractivity contribution is 9.10. The van der Waals surface area contributed by atoms with E-state index >= 15 is 0 Å². The third-order valence-corrected chi connectivity index (χ3v) is 3.11. The number of ether oxygens (including phenoxy) is 1. The van der Waals surface area contributed by atoms with Crippen molar-refractivity contribution in [2.45, 2.75) is 13.2 Å². The Labute approximate surface area is 131 Å². The van der Waals surface area contributed by atoms with E-state index in [2.05, 4.69) is 26.6 Å². The Bertz CT molecular complexity index is 599. The highest BCUT2D eigenvalue weighted by atomic mass is 79.9. The van der Waals surface area contributed by atoms with E-state index in [4.69, 9.17) is 4.74 Å². The fourth-order valence-corrected chi connectivity index (χ4v) is 1.91. The highest BCUT2D eigenvalue weighted by Crippen LogP contribution is 2.17. The number of carbonyl (C=O) groups is 1. The average molecular weight is 351 g/mol. The van der Waals surface area contributed by atoms with Crippen LogP contribution in [-0.4, -0.2) is 17.4 Å². The van der Waals surface area contributed by atoms with Crippen LogP contribution in [0.5, 0.6) is 11.5 Å². The lowest BCUT2D eigenvalue weighted by molar-refractivity contribution is 0.183. The van der Waals surface area contributed by atoms with Crippen LogP contribution in [0, 0.1) is 0 Å². The summed E-state index contributed by atoms with van der Waals surface area (Å²) in [5, 5.41) is 14.5. The average Bonchev–Trinajstić information content (AvgIpc) is 2.44. The summed E-state index contributed by atoms with van der Waals surface area (Å²) in [5.41, 5.74) is 0.688. The number of halogens is 1. The number of phenols is 1. The van der Waals surface area contributed by atoms with Crippen molar-refractivity contribution in [3.8, 4) is 11.5 Å². The van der Waals surface area contributed by atoms with Gasteiger partial charge in [-0.05, 0) is 55.5 Å². The normalized spacial score (nSPS) is 11.5. The molecule has 3 N–H and O–H groups in total. The molecule has 2 rings (SSSR count). The largest absolute Gasteiger partial charge is 0.508 e. The van der Waals surface area contributed by atoms with E-state index in [1.165, 1.54) is 12.1 Å². The Morgan fingerprint density at radius 3 is 2.38 bits per heavy atom. The first-order chi connectivity index (χ1) is 10.0. The highest BCUT2D eigenvalue weighted by Gasteiger charge is 2.08. The van der Waals surface area contributed by atoms with Gasteiger partial charge in [0.05, 0.1) is 0 Å². The van der Waals surface area contributed by atoms with Gasteiger partial charge in [0.25, 0.3) is 0 Å². The zero-order valence-corrected chi connectivity index (χ0v) is 12.9. The monoisotopic (exact) mass is 350 g/mol. The summed E-state index contributed by atoms with van der Waals surface area (Å²) in [6.07, 6.45) is -0.509. The molecule has 0 aliphatic carbocycles. The van der Waals surface area contributed by atoms with Gasteiger partial charge in [-0.15, -0.1) is 0 Å². The molecule has 5 nitrogen and oxygen atoms in total. The van der Waals surface area contributed by atoms with Gasteiger partial charge in [-0.3, -0.25) is 0 Å². The predicted octanol–water partition coefficient (Wildman–Crippen LogP) is 3.70. The first-order valence-electron chi connectivity index (χ1n) is 6.32. The maximum Gasteiger partial charge on any atom is 0.322 e. The van der Waals surface area contributed by atoms with E-state index in [0.29, 0.717) is 11.4 Å². The van der Waals surface area contributed by atoms with Crippen LogP contribution in [0.15, 0.2) is 53.0 Å². The molecule has 0 aliphatic heterocycles. The molecule has 6 heteroatoms. The fraction of sp³-hybridized carbons (Fsp3) is 0.133. The molecule has 0 heterocycles. The van der Waals surface area contributed by atoms with Gasteiger partial charge in [0.1, 0.15) is 11.5 Å². The number of anilines is 1. The minimum Gasteiger partial charge on any atom is -0.508 e. The Morgan fingerprint density at radius 2 is 1.76 bits per heavy atom. The first-order valence-corrected chi connectivity index (χ1v) is 7.11. The molecule has 2 aromatic carbocycles. The molecule has 0 saturated heterocycles. The molecule has 1 unspecified atom stereocenters. The second kappa shape index (κ2) is 6.99. The van der Waals surface area contributed by atoms with Crippen molar-refractivity contribution < 1.29 is 14.6 Å². The second-order valence-corrected chi connectivity index (χ2v) is 5.28. The molecule has 0 fully saturated rings. The van der Waals surface area contributed by atoms with Crippen molar-refractivity contribution in [1.82, 2.24) is 5.32 Å². The molecule has 0 aromatic heterocycles. The van der Waals surface area contributed by atoms with E-state index in [1.54, 1.807) is 31.2 Å². The molecule has 0 bridgehead atoms. The van der Waals surface area contributed by atoms with Gasteiger partial charge < -0.3 is 20.5 Å². The van der Waals surface area contributed by atoms with Gasteiger partial charge in [0, 0.05) is 10.2 Å². The summed E-state index contributed by atoms with van der Waals surface area (Å²) in [6, 6.07) is 13.2. The number of hydrogen-bond donors (Lipinski definition) is 3. The second-order valence-electron chi connectivity index (χ2n) is 4.36. The summed E-state index contributed by atoms with van der Waals surface area (Å²) >= 11 is 3.33. The number of carbonyl (C=O) groups excluding carboxylic acids is 1. The number of rotatable bonds is 4. The summed E-state index contributed by atoms with van der Waals surface area (Å²) in [4.78, 5) is 11.8. The van der Waals surface area contributed by atoms with Crippen molar-refractivity contribution in [2.75, 3.05) is 5.32 Å². The lowest BCUT2D eigenvalue weighted by Crippen LogP contribution is -2.39. The molecule has 2 aromatic rings. The third-order valence-electron chi connectivity index (χ3n) is 2.59. The topological polar surface area (TPSA) is 70.6 Å². The number of benzene rings is 2. The van der Waals surface area contributed by atoms with Crippen LogP contribution < -0.4 is 15.4 Å². The number of phenolic OH excluding ortho intramolecular Hbond substituents is 1. The number of urea groups is 1. The lowest BCUT2D eigenvalue weighted by atomic mass is 10.3. The Balaban J connectivity index is 1.84. The van der Waals surface area contributed by atoms with Crippen LogP contribution in [0.4, 0.5) is 10.5 Å². The number of hydrogen-bond acceptors (Lipinski definition) is 3. The minimum absolute atomic E-state index is 0.163. The predicted molar refractivity (Wildman–Crippen MR) is 84.5 cm³/mol. The van der Waals surface area contributed by atoms with Gasteiger partial charge in [-0.25, -0.2) is 4.79 Å². The van der Waals surface area contributed by atoms with E-state index in [0.717, 1.165) is 4.47 Å². The quantitative estimate of drug-likeness (QED) is 0.736. The molecule has 0 aliphatic rings. The van der Waals surface area contributed by atoms with Crippen molar-refractivity contribution in [3.63, 3.8) is 0 Å². The maximum absolute atomic E-state index is 11.8. The summed E-state index contributed by atoms with van der Waals surface area (Å²) in [5.74, 6) is 0.722. The van der Waals surface area contributed by atoms with E-state index in [1.807, 2.05) is 12.1 Å². The van der Waals surface area contributed by atoms with Crippen molar-refractivity contribution in [3.05, 3.63) is 53.0 Å². The molecular weight excluding hydrogens is 336 g/mol. The Hall–Kier alpha value is -2.21. The van der Waals surface area contributed by atoms with Crippen molar-refractivity contribution in [1.29, 1.82) is 0 Å². The van der Waals surface area contributed by atoms with E-state index in [-0.39, 0.29) is 11.8 Å². The van der Waals surface area contributed by atoms with Crippen LogP contribution in [0.1, 0.15) is 6.92 Å². The molecule has 110 valence electrons. The van der Waals surface area contributed by atoms with Crippen molar-refractivity contribution in [2.24, 2.45) is 0 Å². The van der Waals surface area contributed by atoms with Crippen LogP contribution in [-0.2, 0) is 0 Å². The third kappa shape index (κ3) is 5.00. The Kier molecular flexibility index (Phi) is 5.05. The number of aromatic hydroxyl groups is 1. The van der Waals surface area contributed by atoms with E-state index < -0.39 is 6.23 Å². The maximum atomic E-state index is 11.8. The summed E-state index contributed by atoms with van der Waals surface area (Å²) in [6.45, 7) is 1.72.